The van der Waals surface area contributed by atoms with Gasteiger partial charge < -0.3 is 15.0 Å². The number of hydrogen-bond acceptors (Lipinski definition) is 4. The molecule has 0 amide bonds. The molecule has 5 nitrogen and oxygen atoms in total. The van der Waals surface area contributed by atoms with Gasteiger partial charge in [0.2, 0.25) is 0 Å². The third-order valence-corrected chi connectivity index (χ3v) is 4.00. The number of benzene rings is 1. The van der Waals surface area contributed by atoms with E-state index in [0.717, 1.165) is 20.2 Å². The van der Waals surface area contributed by atoms with Crippen molar-refractivity contribution in [3.63, 3.8) is 0 Å². The molecule has 2 aromatic rings. The van der Waals surface area contributed by atoms with E-state index < -0.39 is 33.7 Å². The van der Waals surface area contributed by atoms with Gasteiger partial charge in [0, 0.05) is 13.1 Å². The number of aromatic nitrogens is 2. The van der Waals surface area contributed by atoms with Crippen molar-refractivity contribution in [1.82, 2.24) is 9.13 Å². The third kappa shape index (κ3) is 2.86. The molecule has 0 fully saturated rings. The molecular formula is C13H10ClF4N3O2S. The molecule has 11 heteroatoms. The summed E-state index contributed by atoms with van der Waals surface area (Å²) >= 11 is 10.6. The zero-order valence-corrected chi connectivity index (χ0v) is 13.8. The Kier molecular flexibility index (Phi) is 4.64. The van der Waals surface area contributed by atoms with Crippen LogP contribution in [0, 0.1) is 10.6 Å². The van der Waals surface area contributed by atoms with Crippen LogP contribution in [-0.2, 0) is 13.2 Å². The molecule has 0 aliphatic heterocycles. The van der Waals surface area contributed by atoms with Crippen LogP contribution < -0.4 is 16.0 Å². The maximum absolute atomic E-state index is 14.3. The SMILES string of the molecule is COc1c(N)c(Cl)cc(F)c1-n1c(=O)cc(C(F)(F)F)n(C)c1=S. The highest BCUT2D eigenvalue weighted by atomic mass is 35.5. The van der Waals surface area contributed by atoms with Gasteiger partial charge in [0.25, 0.3) is 5.56 Å². The molecule has 0 unspecified atom stereocenters. The van der Waals surface area contributed by atoms with Gasteiger partial charge in [-0.25, -0.2) is 8.96 Å². The van der Waals surface area contributed by atoms with Gasteiger partial charge in [-0.05, 0) is 18.3 Å². The molecule has 24 heavy (non-hydrogen) atoms. The Bertz CT molecular complexity index is 937. The lowest BCUT2D eigenvalue weighted by atomic mass is 10.2. The van der Waals surface area contributed by atoms with Gasteiger partial charge in [-0.2, -0.15) is 13.2 Å². The van der Waals surface area contributed by atoms with E-state index in [0.29, 0.717) is 15.2 Å². The zero-order chi connectivity index (χ0) is 18.4. The Morgan fingerprint density at radius 2 is 1.92 bits per heavy atom. The summed E-state index contributed by atoms with van der Waals surface area (Å²) in [7, 11) is 2.15. The number of nitrogens with zero attached hydrogens (tertiary/aromatic N) is 2. The van der Waals surface area contributed by atoms with Crippen molar-refractivity contribution in [3.8, 4) is 11.4 Å². The monoisotopic (exact) mass is 383 g/mol. The summed E-state index contributed by atoms with van der Waals surface area (Å²) in [5.74, 6) is -1.34. The summed E-state index contributed by atoms with van der Waals surface area (Å²) < 4.78 is 58.6. The fourth-order valence-electron chi connectivity index (χ4n) is 2.12. The number of nitrogens with two attached hydrogens (primary N) is 1. The Hall–Kier alpha value is -2.07. The number of alkyl halides is 3. The molecule has 0 saturated heterocycles. The minimum Gasteiger partial charge on any atom is -0.492 e. The van der Waals surface area contributed by atoms with E-state index in [1.54, 1.807) is 0 Å². The van der Waals surface area contributed by atoms with Crippen molar-refractivity contribution < 1.29 is 22.3 Å². The molecule has 2 N–H and O–H groups in total. The predicted molar refractivity (Wildman–Crippen MR) is 82.8 cm³/mol. The molecule has 1 aromatic carbocycles. The molecule has 2 rings (SSSR count). The van der Waals surface area contributed by atoms with Gasteiger partial charge in [0.05, 0.1) is 17.8 Å². The highest BCUT2D eigenvalue weighted by molar-refractivity contribution is 7.71. The second-order valence-electron chi connectivity index (χ2n) is 4.68. The number of nitrogen functional groups attached to an aromatic ring is 1. The van der Waals surface area contributed by atoms with Crippen molar-refractivity contribution in [2.24, 2.45) is 7.05 Å². The second-order valence-corrected chi connectivity index (χ2v) is 5.45. The molecule has 0 spiro atoms. The number of rotatable bonds is 2. The number of halogens is 5. The first-order chi connectivity index (χ1) is 11.0. The van der Waals surface area contributed by atoms with Crippen molar-refractivity contribution in [1.29, 1.82) is 0 Å². The summed E-state index contributed by atoms with van der Waals surface area (Å²) in [6, 6.07) is 1.12. The lowest BCUT2D eigenvalue weighted by molar-refractivity contribution is -0.143. The van der Waals surface area contributed by atoms with Crippen LogP contribution in [0.1, 0.15) is 5.69 Å². The molecule has 0 atom stereocenters. The van der Waals surface area contributed by atoms with Crippen LogP contribution in [0.15, 0.2) is 16.9 Å². The molecular weight excluding hydrogens is 374 g/mol. The van der Waals surface area contributed by atoms with Gasteiger partial charge in [-0.3, -0.25) is 4.79 Å². The van der Waals surface area contributed by atoms with Crippen LogP contribution in [0.2, 0.25) is 5.02 Å². The lowest BCUT2D eigenvalue weighted by Gasteiger charge is -2.18. The summed E-state index contributed by atoms with van der Waals surface area (Å²) in [5, 5.41) is -0.177. The van der Waals surface area contributed by atoms with E-state index in [-0.39, 0.29) is 16.5 Å². The number of hydrogen-bond donors (Lipinski definition) is 1. The first-order valence-electron chi connectivity index (χ1n) is 6.22. The van der Waals surface area contributed by atoms with Crippen LogP contribution in [0.4, 0.5) is 23.2 Å². The zero-order valence-electron chi connectivity index (χ0n) is 12.2. The van der Waals surface area contributed by atoms with Crippen molar-refractivity contribution in [2.45, 2.75) is 6.18 Å². The first-order valence-corrected chi connectivity index (χ1v) is 7.01. The van der Waals surface area contributed by atoms with Crippen molar-refractivity contribution >= 4 is 29.5 Å². The van der Waals surface area contributed by atoms with Gasteiger partial charge in [0.15, 0.2) is 16.3 Å². The number of anilines is 1. The highest BCUT2D eigenvalue weighted by Gasteiger charge is 2.35. The van der Waals surface area contributed by atoms with Crippen LogP contribution in [0.25, 0.3) is 5.69 Å². The highest BCUT2D eigenvalue weighted by Crippen LogP contribution is 2.37. The van der Waals surface area contributed by atoms with Gasteiger partial charge in [-0.15, -0.1) is 0 Å². The Balaban J connectivity index is 2.96. The Morgan fingerprint density at radius 3 is 2.42 bits per heavy atom. The molecule has 1 heterocycles. The van der Waals surface area contributed by atoms with Crippen molar-refractivity contribution in [3.05, 3.63) is 43.8 Å². The third-order valence-electron chi connectivity index (χ3n) is 3.23. The normalized spacial score (nSPS) is 11.6. The van der Waals surface area contributed by atoms with Crippen molar-refractivity contribution in [2.75, 3.05) is 12.8 Å². The quantitative estimate of drug-likeness (QED) is 0.491. The largest absolute Gasteiger partial charge is 0.492 e. The molecule has 0 radical (unpaired) electrons. The van der Waals surface area contributed by atoms with Gasteiger partial charge in [0.1, 0.15) is 11.4 Å². The van der Waals surface area contributed by atoms with Gasteiger partial charge in [-0.1, -0.05) is 11.6 Å². The smallest absolute Gasteiger partial charge is 0.431 e. The fraction of sp³-hybridized carbons (Fsp3) is 0.231. The summed E-state index contributed by atoms with van der Waals surface area (Å²) in [6.07, 6.45) is -4.80. The predicted octanol–water partition coefficient (Wildman–Crippen LogP) is 3.31. The van der Waals surface area contributed by atoms with Crippen LogP contribution in [0.3, 0.4) is 0 Å². The Morgan fingerprint density at radius 1 is 1.33 bits per heavy atom. The number of methoxy groups -OCH3 is 1. The van der Waals surface area contributed by atoms with Crippen LogP contribution in [0.5, 0.6) is 5.75 Å². The Labute approximate surface area is 142 Å². The molecule has 130 valence electrons. The van der Waals surface area contributed by atoms with E-state index in [9.17, 15) is 22.4 Å². The maximum atomic E-state index is 14.3. The minimum absolute atomic E-state index is 0.177. The van der Waals surface area contributed by atoms with E-state index in [1.165, 1.54) is 0 Å². The number of ether oxygens (including phenoxy) is 1. The topological polar surface area (TPSA) is 62.2 Å². The summed E-state index contributed by atoms with van der Waals surface area (Å²) in [6.45, 7) is 0. The molecule has 0 bridgehead atoms. The minimum atomic E-state index is -4.80. The second kappa shape index (κ2) is 6.10. The van der Waals surface area contributed by atoms with Gasteiger partial charge >= 0.3 is 6.18 Å². The van der Waals surface area contributed by atoms with E-state index >= 15 is 0 Å². The molecule has 0 saturated carbocycles. The van der Waals surface area contributed by atoms with E-state index in [2.05, 4.69) is 0 Å². The maximum Gasteiger partial charge on any atom is 0.431 e. The lowest BCUT2D eigenvalue weighted by Crippen LogP contribution is -2.28. The first kappa shape index (κ1) is 18.3. The van der Waals surface area contributed by atoms with Crippen LogP contribution >= 0.6 is 23.8 Å². The summed E-state index contributed by atoms with van der Waals surface area (Å²) in [5.41, 5.74) is 2.52. The average Bonchev–Trinajstić information content (AvgIpc) is 2.47. The standard InChI is InChI=1S/C13H10ClF4N3O2S/c1-20-7(13(16,17)18)4-8(22)21(12(20)24)10-6(15)3-5(14)9(19)11(10)23-2/h3-4H,19H2,1-2H3. The fourth-order valence-corrected chi connectivity index (χ4v) is 2.58. The van der Waals surface area contributed by atoms with Crippen LogP contribution in [-0.4, -0.2) is 16.2 Å². The van der Waals surface area contributed by atoms with E-state index in [4.69, 9.17) is 34.3 Å². The molecule has 1 aromatic heterocycles. The van der Waals surface area contributed by atoms with E-state index in [1.807, 2.05) is 0 Å². The molecule has 0 aliphatic rings. The average molecular weight is 384 g/mol. The molecule has 0 aliphatic carbocycles. The summed E-state index contributed by atoms with van der Waals surface area (Å²) in [4.78, 5) is 12.2.